The van der Waals surface area contributed by atoms with Crippen molar-refractivity contribution in [3.8, 4) is 11.5 Å². The van der Waals surface area contributed by atoms with Crippen molar-refractivity contribution in [2.24, 2.45) is 0 Å². The molecule has 37 heavy (non-hydrogen) atoms. The Kier molecular flexibility index (Phi) is 5.63. The summed E-state index contributed by atoms with van der Waals surface area (Å²) in [7, 11) is 1.42. The monoisotopic (exact) mass is 506 g/mol. The van der Waals surface area contributed by atoms with Crippen LogP contribution >= 0.6 is 0 Å². The highest BCUT2D eigenvalue weighted by Gasteiger charge is 2.60. The highest BCUT2D eigenvalue weighted by Crippen LogP contribution is 2.49. The van der Waals surface area contributed by atoms with E-state index in [0.29, 0.717) is 46.7 Å². The van der Waals surface area contributed by atoms with Gasteiger partial charge in [0.15, 0.2) is 11.6 Å². The fourth-order valence-electron chi connectivity index (χ4n) is 6.10. The lowest BCUT2D eigenvalue weighted by atomic mass is 9.81. The predicted octanol–water partition coefficient (Wildman–Crippen LogP) is 4.22. The normalized spacial score (nSPS) is 23.4. The molecular formula is C28H31FN4O4. The van der Waals surface area contributed by atoms with Crippen LogP contribution in [0.3, 0.4) is 0 Å². The van der Waals surface area contributed by atoms with Crippen molar-refractivity contribution in [2.75, 3.05) is 20.2 Å². The molecule has 3 aromatic rings. The smallest absolute Gasteiger partial charge is 0.328 e. The number of urea groups is 1. The van der Waals surface area contributed by atoms with E-state index in [1.54, 1.807) is 42.2 Å². The Morgan fingerprint density at radius 3 is 2.76 bits per heavy atom. The van der Waals surface area contributed by atoms with E-state index >= 15 is 4.39 Å². The average molecular weight is 507 g/mol. The third-order valence-corrected chi connectivity index (χ3v) is 8.23. The molecule has 9 heteroatoms. The van der Waals surface area contributed by atoms with Crippen molar-refractivity contribution in [3.63, 3.8) is 0 Å². The van der Waals surface area contributed by atoms with Gasteiger partial charge in [-0.3, -0.25) is 14.6 Å². The van der Waals surface area contributed by atoms with E-state index in [0.717, 1.165) is 6.54 Å². The highest BCUT2D eigenvalue weighted by molar-refractivity contribution is 6.08. The van der Waals surface area contributed by atoms with Crippen molar-refractivity contribution in [1.29, 1.82) is 0 Å². The Balaban J connectivity index is 1.43. The molecule has 2 atom stereocenters. The number of nitrogens with one attached hydrogen (secondary N) is 2. The van der Waals surface area contributed by atoms with Gasteiger partial charge in [-0.25, -0.2) is 9.18 Å². The number of carbonyl (C=O) groups excluding carboxylic acids is 2. The van der Waals surface area contributed by atoms with Crippen LogP contribution in [0.2, 0.25) is 0 Å². The number of methoxy groups -OCH3 is 1. The van der Waals surface area contributed by atoms with Crippen LogP contribution < -0.4 is 10.1 Å². The van der Waals surface area contributed by atoms with Gasteiger partial charge in [0, 0.05) is 35.6 Å². The van der Waals surface area contributed by atoms with Gasteiger partial charge in [0.1, 0.15) is 17.3 Å². The van der Waals surface area contributed by atoms with Gasteiger partial charge in [-0.2, -0.15) is 0 Å². The summed E-state index contributed by atoms with van der Waals surface area (Å²) < 4.78 is 20.8. The first-order valence-corrected chi connectivity index (χ1v) is 12.9. The number of carbonyl (C=O) groups is 2. The van der Waals surface area contributed by atoms with Crippen LogP contribution in [0.5, 0.6) is 11.5 Å². The maximum Gasteiger partial charge on any atom is 0.328 e. The van der Waals surface area contributed by atoms with Crippen molar-refractivity contribution in [3.05, 3.63) is 59.0 Å². The molecule has 0 bridgehead atoms. The number of aromatic nitrogens is 1. The molecule has 3 heterocycles. The number of hydrogen-bond donors (Lipinski definition) is 3. The van der Waals surface area contributed by atoms with E-state index in [-0.39, 0.29) is 29.9 Å². The standard InChI is InChI=1S/C28H31FN4O4/c1-28-15-19-22-20(10-11-21(37-2)23(22)29)31-24(19)25(16-6-3-9-18(34)14-16)33(28)27(36)32(26(28)35)13-5-12-30-17-7-4-8-17/h3,6,9-11,14,17,25,30-31,34H,4-5,7-8,12-13,15H2,1-2H3. The number of imide groups is 1. The molecule has 2 unspecified atom stereocenters. The highest BCUT2D eigenvalue weighted by atomic mass is 19.1. The van der Waals surface area contributed by atoms with E-state index < -0.39 is 17.4 Å². The van der Waals surface area contributed by atoms with Crippen molar-refractivity contribution >= 4 is 22.8 Å². The number of nitrogens with zero attached hydrogens (tertiary/aromatic N) is 2. The summed E-state index contributed by atoms with van der Waals surface area (Å²) in [4.78, 5) is 34.0. The summed E-state index contributed by atoms with van der Waals surface area (Å²) in [6, 6.07) is 9.43. The van der Waals surface area contributed by atoms with Crippen molar-refractivity contribution < 1.29 is 23.8 Å². The van der Waals surface area contributed by atoms with Crippen LogP contribution in [0.25, 0.3) is 10.9 Å². The zero-order valence-electron chi connectivity index (χ0n) is 21.0. The molecule has 1 aromatic heterocycles. The van der Waals surface area contributed by atoms with Crippen LogP contribution in [0.15, 0.2) is 36.4 Å². The lowest BCUT2D eigenvalue weighted by Crippen LogP contribution is -2.53. The molecule has 6 rings (SSSR count). The van der Waals surface area contributed by atoms with E-state index in [1.165, 1.54) is 31.3 Å². The Hall–Kier alpha value is -3.59. The van der Waals surface area contributed by atoms with Gasteiger partial charge in [0.2, 0.25) is 0 Å². The number of hydrogen-bond acceptors (Lipinski definition) is 5. The second kappa shape index (κ2) is 8.76. The lowest BCUT2D eigenvalue weighted by Gasteiger charge is -2.42. The maximum absolute atomic E-state index is 15.5. The fourth-order valence-corrected chi connectivity index (χ4v) is 6.10. The number of aromatic amines is 1. The molecule has 8 nitrogen and oxygen atoms in total. The molecule has 3 N–H and O–H groups in total. The summed E-state index contributed by atoms with van der Waals surface area (Å²) in [5.41, 5.74) is 1.29. The number of halogens is 1. The van der Waals surface area contributed by atoms with E-state index in [2.05, 4.69) is 10.3 Å². The summed E-state index contributed by atoms with van der Waals surface area (Å²) in [5.74, 6) is -0.619. The zero-order chi connectivity index (χ0) is 25.9. The lowest BCUT2D eigenvalue weighted by molar-refractivity contribution is -0.133. The molecule has 2 fully saturated rings. The van der Waals surface area contributed by atoms with Gasteiger partial charge in [0.05, 0.1) is 7.11 Å². The molecule has 3 aliphatic rings. The minimum Gasteiger partial charge on any atom is -0.508 e. The molecule has 3 amide bonds. The minimum absolute atomic E-state index is 0.0483. The number of phenols is 1. The Morgan fingerprint density at radius 1 is 1.24 bits per heavy atom. The molecule has 1 saturated carbocycles. The van der Waals surface area contributed by atoms with Gasteiger partial charge in [-0.15, -0.1) is 0 Å². The third kappa shape index (κ3) is 3.59. The Morgan fingerprint density at radius 2 is 2.05 bits per heavy atom. The number of rotatable bonds is 7. The first-order valence-electron chi connectivity index (χ1n) is 12.9. The van der Waals surface area contributed by atoms with E-state index in [9.17, 15) is 14.7 Å². The number of ether oxygens (including phenoxy) is 1. The first kappa shape index (κ1) is 23.8. The van der Waals surface area contributed by atoms with Crippen LogP contribution in [0.1, 0.15) is 55.5 Å². The fraction of sp³-hybridized carbons (Fsp3) is 0.429. The summed E-state index contributed by atoms with van der Waals surface area (Å²) in [6.07, 6.45) is 4.42. The Labute approximate surface area is 214 Å². The molecule has 0 spiro atoms. The van der Waals surface area contributed by atoms with Gasteiger partial charge in [0.25, 0.3) is 5.91 Å². The predicted molar refractivity (Wildman–Crippen MR) is 136 cm³/mol. The molecule has 2 aliphatic heterocycles. The third-order valence-electron chi connectivity index (χ3n) is 8.23. The number of benzene rings is 2. The van der Waals surface area contributed by atoms with E-state index in [4.69, 9.17) is 4.74 Å². The van der Waals surface area contributed by atoms with Gasteiger partial charge in [-0.1, -0.05) is 18.6 Å². The molecule has 0 radical (unpaired) electrons. The van der Waals surface area contributed by atoms with Crippen LogP contribution in [0, 0.1) is 5.82 Å². The number of H-pyrrole nitrogens is 1. The molecular weight excluding hydrogens is 475 g/mol. The quantitative estimate of drug-likeness (QED) is 0.329. The largest absolute Gasteiger partial charge is 0.508 e. The van der Waals surface area contributed by atoms with Crippen molar-refractivity contribution in [1.82, 2.24) is 20.1 Å². The summed E-state index contributed by atoms with van der Waals surface area (Å²) in [6.45, 7) is 2.81. The van der Waals surface area contributed by atoms with E-state index in [1.807, 2.05) is 6.07 Å². The first-order chi connectivity index (χ1) is 17.8. The molecule has 194 valence electrons. The van der Waals surface area contributed by atoms with Gasteiger partial charge < -0.3 is 20.1 Å². The van der Waals surface area contributed by atoms with Crippen LogP contribution in [-0.2, 0) is 11.2 Å². The van der Waals surface area contributed by atoms with Gasteiger partial charge in [-0.05, 0) is 68.1 Å². The number of fused-ring (bicyclic) bond motifs is 4. The second-order valence-electron chi connectivity index (χ2n) is 10.5. The summed E-state index contributed by atoms with van der Waals surface area (Å²) >= 11 is 0. The summed E-state index contributed by atoms with van der Waals surface area (Å²) in [5, 5.41) is 14.1. The molecule has 2 aromatic carbocycles. The van der Waals surface area contributed by atoms with Crippen molar-refractivity contribution in [2.45, 2.75) is 56.7 Å². The van der Waals surface area contributed by atoms with Crippen LogP contribution in [0.4, 0.5) is 9.18 Å². The zero-order valence-corrected chi connectivity index (χ0v) is 21.0. The molecule has 1 aliphatic carbocycles. The number of phenolic OH excluding ortho intramolecular Hbond substituents is 1. The number of amides is 3. The second-order valence-corrected chi connectivity index (χ2v) is 10.5. The number of aromatic hydroxyl groups is 1. The minimum atomic E-state index is -1.20. The van der Waals surface area contributed by atoms with Crippen LogP contribution in [-0.4, -0.2) is 63.6 Å². The maximum atomic E-state index is 15.5. The SMILES string of the molecule is COc1ccc2[nH]c3c(c2c1F)CC1(C)C(=O)N(CCCNC2CCC2)C(=O)N1C3c1cccc(O)c1. The molecule has 1 saturated heterocycles. The average Bonchev–Trinajstić information content (AvgIpc) is 3.30. The Bertz CT molecular complexity index is 1400. The van der Waals surface area contributed by atoms with Gasteiger partial charge >= 0.3 is 6.03 Å². The topological polar surface area (TPSA) is 97.9 Å².